The molecule has 0 bridgehead atoms. The van der Waals surface area contributed by atoms with Gasteiger partial charge in [0.05, 0.1) is 5.69 Å². The van der Waals surface area contributed by atoms with Gasteiger partial charge in [-0.15, -0.1) is 0 Å². The van der Waals surface area contributed by atoms with Crippen molar-refractivity contribution in [1.82, 2.24) is 20.3 Å². The largest absolute Gasteiger partial charge is 0.351 e. The molecular weight excluding hydrogens is 244 g/mol. The Bertz CT molecular complexity index is 411. The van der Waals surface area contributed by atoms with Gasteiger partial charge in [-0.1, -0.05) is 5.16 Å². The maximum absolute atomic E-state index is 11.7. The number of carbonyl (C=O) groups excluding carboxylic acids is 1. The van der Waals surface area contributed by atoms with Crippen LogP contribution in [0.1, 0.15) is 22.7 Å². The Labute approximate surface area is 113 Å². The molecule has 0 atom stereocenters. The Morgan fingerprint density at radius 2 is 2.16 bits per heavy atom. The average molecular weight is 266 g/mol. The van der Waals surface area contributed by atoms with E-state index in [1.807, 2.05) is 0 Å². The third kappa shape index (κ3) is 4.33. The fourth-order valence-corrected chi connectivity index (χ4v) is 2.13. The molecule has 1 amide bonds. The SMILES string of the molecule is Cc1cc(C(=O)NCCCN2CCN(C)CC2)on1. The molecule has 6 nitrogen and oxygen atoms in total. The molecule has 0 unspecified atom stereocenters. The summed E-state index contributed by atoms with van der Waals surface area (Å²) in [4.78, 5) is 16.5. The zero-order valence-electron chi connectivity index (χ0n) is 11.7. The second kappa shape index (κ2) is 6.68. The molecule has 2 rings (SSSR count). The normalized spacial score (nSPS) is 17.6. The van der Waals surface area contributed by atoms with Crippen molar-refractivity contribution >= 4 is 5.91 Å². The lowest BCUT2D eigenvalue weighted by Gasteiger charge is -2.32. The Morgan fingerprint density at radius 1 is 1.42 bits per heavy atom. The first-order chi connectivity index (χ1) is 9.15. The minimum atomic E-state index is -0.182. The molecule has 2 heterocycles. The van der Waals surface area contributed by atoms with Gasteiger partial charge in [0.15, 0.2) is 0 Å². The minimum absolute atomic E-state index is 0.182. The van der Waals surface area contributed by atoms with Crippen LogP contribution in [0.15, 0.2) is 10.6 Å². The van der Waals surface area contributed by atoms with Crippen LogP contribution in [0.25, 0.3) is 0 Å². The summed E-state index contributed by atoms with van der Waals surface area (Å²) >= 11 is 0. The number of hydrogen-bond donors (Lipinski definition) is 1. The number of amides is 1. The van der Waals surface area contributed by atoms with E-state index in [0.29, 0.717) is 6.54 Å². The van der Waals surface area contributed by atoms with Gasteiger partial charge in [0.1, 0.15) is 0 Å². The van der Waals surface area contributed by atoms with Gasteiger partial charge in [0.25, 0.3) is 5.91 Å². The number of nitrogens with one attached hydrogen (secondary N) is 1. The summed E-state index contributed by atoms with van der Waals surface area (Å²) in [7, 11) is 2.15. The van der Waals surface area contributed by atoms with Gasteiger partial charge in [0.2, 0.25) is 5.76 Å². The van der Waals surface area contributed by atoms with Crippen LogP contribution < -0.4 is 5.32 Å². The molecule has 0 aliphatic carbocycles. The zero-order chi connectivity index (χ0) is 13.7. The summed E-state index contributed by atoms with van der Waals surface area (Å²) in [6.07, 6.45) is 0.961. The quantitative estimate of drug-likeness (QED) is 0.779. The van der Waals surface area contributed by atoms with E-state index in [1.54, 1.807) is 13.0 Å². The molecule has 0 saturated carbocycles. The molecule has 1 aromatic rings. The first-order valence-electron chi connectivity index (χ1n) is 6.77. The third-order valence-electron chi connectivity index (χ3n) is 3.38. The lowest BCUT2D eigenvalue weighted by Crippen LogP contribution is -2.45. The van der Waals surface area contributed by atoms with E-state index in [4.69, 9.17) is 4.52 Å². The second-order valence-corrected chi connectivity index (χ2v) is 5.09. The van der Waals surface area contributed by atoms with E-state index < -0.39 is 0 Å². The fourth-order valence-electron chi connectivity index (χ4n) is 2.13. The number of carbonyl (C=O) groups is 1. The van der Waals surface area contributed by atoms with Crippen LogP contribution in [0.2, 0.25) is 0 Å². The van der Waals surface area contributed by atoms with Crippen molar-refractivity contribution in [2.24, 2.45) is 0 Å². The fraction of sp³-hybridized carbons (Fsp3) is 0.692. The van der Waals surface area contributed by atoms with E-state index >= 15 is 0 Å². The summed E-state index contributed by atoms with van der Waals surface area (Å²) in [5.74, 6) is 0.107. The molecule has 0 aromatic carbocycles. The van der Waals surface area contributed by atoms with Crippen LogP contribution in [-0.2, 0) is 0 Å². The zero-order valence-corrected chi connectivity index (χ0v) is 11.7. The highest BCUT2D eigenvalue weighted by molar-refractivity contribution is 5.91. The van der Waals surface area contributed by atoms with Crippen LogP contribution >= 0.6 is 0 Å². The van der Waals surface area contributed by atoms with Crippen molar-refractivity contribution in [3.8, 4) is 0 Å². The van der Waals surface area contributed by atoms with Crippen molar-refractivity contribution in [2.45, 2.75) is 13.3 Å². The lowest BCUT2D eigenvalue weighted by atomic mass is 10.3. The summed E-state index contributed by atoms with van der Waals surface area (Å²) < 4.78 is 4.91. The number of likely N-dealkylation sites (N-methyl/N-ethyl adjacent to an activating group) is 1. The molecule has 106 valence electrons. The Kier molecular flexibility index (Phi) is 4.93. The molecule has 1 aliphatic rings. The van der Waals surface area contributed by atoms with Crippen LogP contribution in [0.4, 0.5) is 0 Å². The Morgan fingerprint density at radius 3 is 2.79 bits per heavy atom. The first kappa shape index (κ1) is 14.0. The van der Waals surface area contributed by atoms with E-state index in [1.165, 1.54) is 0 Å². The molecule has 1 aromatic heterocycles. The molecule has 6 heteroatoms. The van der Waals surface area contributed by atoms with Crippen LogP contribution in [0.5, 0.6) is 0 Å². The summed E-state index contributed by atoms with van der Waals surface area (Å²) in [6, 6.07) is 1.65. The third-order valence-corrected chi connectivity index (χ3v) is 3.38. The molecular formula is C13H22N4O2. The standard InChI is InChI=1S/C13H22N4O2/c1-11-10-12(19-15-11)13(18)14-4-3-5-17-8-6-16(2)7-9-17/h10H,3-9H2,1-2H3,(H,14,18). The average Bonchev–Trinajstić information content (AvgIpc) is 2.83. The van der Waals surface area contributed by atoms with Crippen LogP contribution in [-0.4, -0.2) is 67.2 Å². The number of rotatable bonds is 5. The van der Waals surface area contributed by atoms with Gasteiger partial charge in [-0.05, 0) is 26.9 Å². The van der Waals surface area contributed by atoms with Crippen molar-refractivity contribution in [3.05, 3.63) is 17.5 Å². The maximum atomic E-state index is 11.7. The second-order valence-electron chi connectivity index (χ2n) is 5.09. The molecule has 1 fully saturated rings. The smallest absolute Gasteiger partial charge is 0.289 e. The number of aromatic nitrogens is 1. The molecule has 0 spiro atoms. The highest BCUT2D eigenvalue weighted by atomic mass is 16.5. The highest BCUT2D eigenvalue weighted by Gasteiger charge is 2.14. The minimum Gasteiger partial charge on any atom is -0.351 e. The van der Waals surface area contributed by atoms with Crippen molar-refractivity contribution < 1.29 is 9.32 Å². The highest BCUT2D eigenvalue weighted by Crippen LogP contribution is 2.02. The van der Waals surface area contributed by atoms with Gasteiger partial charge in [-0.2, -0.15) is 0 Å². The number of piperazine rings is 1. The van der Waals surface area contributed by atoms with Crippen molar-refractivity contribution in [3.63, 3.8) is 0 Å². The molecule has 1 aliphatic heterocycles. The Hall–Kier alpha value is -1.40. The van der Waals surface area contributed by atoms with Gasteiger partial charge < -0.3 is 19.6 Å². The summed E-state index contributed by atoms with van der Waals surface area (Å²) in [5.41, 5.74) is 0.725. The number of nitrogens with zero attached hydrogens (tertiary/aromatic N) is 3. The van der Waals surface area contributed by atoms with E-state index in [-0.39, 0.29) is 11.7 Å². The van der Waals surface area contributed by atoms with Crippen molar-refractivity contribution in [2.75, 3.05) is 46.3 Å². The van der Waals surface area contributed by atoms with Crippen molar-refractivity contribution in [1.29, 1.82) is 0 Å². The van der Waals surface area contributed by atoms with E-state index in [2.05, 4.69) is 27.3 Å². The predicted molar refractivity (Wildman–Crippen MR) is 72.1 cm³/mol. The number of aryl methyl sites for hydroxylation is 1. The van der Waals surface area contributed by atoms with Crippen LogP contribution in [0, 0.1) is 6.92 Å². The molecule has 19 heavy (non-hydrogen) atoms. The van der Waals surface area contributed by atoms with Gasteiger partial charge >= 0.3 is 0 Å². The van der Waals surface area contributed by atoms with Gasteiger partial charge in [-0.3, -0.25) is 4.79 Å². The Balaban J connectivity index is 1.60. The summed E-state index contributed by atoms with van der Waals surface area (Å²) in [5, 5.41) is 6.55. The molecule has 1 N–H and O–H groups in total. The topological polar surface area (TPSA) is 61.6 Å². The molecule has 1 saturated heterocycles. The van der Waals surface area contributed by atoms with Crippen LogP contribution in [0.3, 0.4) is 0 Å². The maximum Gasteiger partial charge on any atom is 0.289 e. The number of hydrogen-bond acceptors (Lipinski definition) is 5. The first-order valence-corrected chi connectivity index (χ1v) is 6.77. The van der Waals surface area contributed by atoms with E-state index in [0.717, 1.165) is 44.8 Å². The summed E-state index contributed by atoms with van der Waals surface area (Å²) in [6.45, 7) is 7.99. The predicted octanol–water partition coefficient (Wildman–Crippen LogP) is 0.350. The van der Waals surface area contributed by atoms with Gasteiger partial charge in [-0.25, -0.2) is 0 Å². The molecule has 0 radical (unpaired) electrons. The van der Waals surface area contributed by atoms with E-state index in [9.17, 15) is 4.79 Å². The van der Waals surface area contributed by atoms with Gasteiger partial charge in [0, 0.05) is 38.8 Å². The lowest BCUT2D eigenvalue weighted by molar-refractivity contribution is 0.0912. The monoisotopic (exact) mass is 266 g/mol.